The Balaban J connectivity index is 1.73. The molecule has 1 aliphatic carbocycles. The number of hydrogen-bond acceptors (Lipinski definition) is 3. The van der Waals surface area contributed by atoms with Crippen molar-refractivity contribution in [3.05, 3.63) is 39.5 Å². The normalized spacial score (nSPS) is 21.7. The van der Waals surface area contributed by atoms with Crippen molar-refractivity contribution >= 4 is 11.3 Å². The lowest BCUT2D eigenvalue weighted by Gasteiger charge is -2.07. The van der Waals surface area contributed by atoms with Crippen LogP contribution in [0, 0.1) is 5.82 Å². The van der Waals surface area contributed by atoms with Gasteiger partial charge in [0.25, 0.3) is 0 Å². The van der Waals surface area contributed by atoms with E-state index >= 15 is 0 Å². The molecule has 2 heterocycles. The van der Waals surface area contributed by atoms with Gasteiger partial charge >= 0.3 is 0 Å². The molecule has 19 heavy (non-hydrogen) atoms. The van der Waals surface area contributed by atoms with Crippen LogP contribution in [0.2, 0.25) is 0 Å². The predicted molar refractivity (Wildman–Crippen MR) is 75.2 cm³/mol. The van der Waals surface area contributed by atoms with E-state index in [4.69, 9.17) is 4.98 Å². The quantitative estimate of drug-likeness (QED) is 0.677. The lowest BCUT2D eigenvalue weighted by Crippen LogP contribution is -2.13. The highest BCUT2D eigenvalue weighted by molar-refractivity contribution is 7.12. The number of hydrogen-bond donors (Lipinski definition) is 0. The number of halogens is 1. The first-order chi connectivity index (χ1) is 9.20. The van der Waals surface area contributed by atoms with Gasteiger partial charge in [-0.3, -0.25) is 0 Å². The van der Waals surface area contributed by atoms with Gasteiger partial charge in [-0.05, 0) is 37.7 Å². The number of likely N-dealkylation sites (tertiary alicyclic amines) is 1. The molecular formula is C15H15FN2S. The van der Waals surface area contributed by atoms with Gasteiger partial charge in [0.2, 0.25) is 0 Å². The maximum absolute atomic E-state index is 13.4. The lowest BCUT2D eigenvalue weighted by molar-refractivity contribution is 0.411. The fourth-order valence-corrected chi connectivity index (χ4v) is 4.34. The Morgan fingerprint density at radius 3 is 3.11 bits per heavy atom. The summed E-state index contributed by atoms with van der Waals surface area (Å²) >= 11 is 1.82. The molecule has 0 N–H and O–H groups in total. The summed E-state index contributed by atoms with van der Waals surface area (Å²) in [5.41, 5.74) is 3.25. The maximum Gasteiger partial charge on any atom is 0.123 e. The summed E-state index contributed by atoms with van der Waals surface area (Å²) in [6, 6.07) is 5.07. The van der Waals surface area contributed by atoms with Crippen LogP contribution in [0.1, 0.15) is 27.8 Å². The number of thiazole rings is 1. The van der Waals surface area contributed by atoms with Gasteiger partial charge in [0, 0.05) is 29.3 Å². The molecule has 0 spiro atoms. The van der Waals surface area contributed by atoms with Crippen molar-refractivity contribution in [1.82, 2.24) is 9.88 Å². The molecule has 4 rings (SSSR count). The molecule has 2 aliphatic rings. The molecule has 1 atom stereocenters. The summed E-state index contributed by atoms with van der Waals surface area (Å²) in [5.74, 6) is 0.402. The molecule has 1 aliphatic heterocycles. The summed E-state index contributed by atoms with van der Waals surface area (Å²) in [7, 11) is 2.16. The summed E-state index contributed by atoms with van der Waals surface area (Å²) in [6.45, 7) is 2.25. The van der Waals surface area contributed by atoms with Gasteiger partial charge < -0.3 is 4.90 Å². The summed E-state index contributed by atoms with van der Waals surface area (Å²) in [5, 5.41) is 1.24. The van der Waals surface area contributed by atoms with Crippen molar-refractivity contribution in [3.63, 3.8) is 0 Å². The summed E-state index contributed by atoms with van der Waals surface area (Å²) < 4.78 is 13.4. The van der Waals surface area contributed by atoms with Crippen molar-refractivity contribution in [1.29, 1.82) is 0 Å². The average Bonchev–Trinajstić information content (AvgIpc) is 3.03. The second-order valence-corrected chi connectivity index (χ2v) is 6.67. The van der Waals surface area contributed by atoms with Crippen molar-refractivity contribution < 1.29 is 4.39 Å². The Bertz CT molecular complexity index is 650. The number of rotatable bonds is 1. The van der Waals surface area contributed by atoms with Crippen LogP contribution in [-0.2, 0) is 6.42 Å². The Hall–Kier alpha value is -1.26. The van der Waals surface area contributed by atoms with E-state index in [1.54, 1.807) is 12.1 Å². The van der Waals surface area contributed by atoms with Crippen LogP contribution in [0.4, 0.5) is 4.39 Å². The fraction of sp³-hybridized carbons (Fsp3) is 0.400. The molecule has 0 bridgehead atoms. The molecule has 4 heteroatoms. The molecule has 1 unspecified atom stereocenters. The van der Waals surface area contributed by atoms with Crippen LogP contribution in [0.15, 0.2) is 18.2 Å². The first kappa shape index (κ1) is 11.6. The summed E-state index contributed by atoms with van der Waals surface area (Å²) in [4.78, 5) is 8.48. The number of nitrogens with zero attached hydrogens (tertiary/aromatic N) is 2. The molecule has 1 fully saturated rings. The first-order valence-corrected chi connectivity index (χ1v) is 7.49. The molecular weight excluding hydrogens is 259 g/mol. The third kappa shape index (κ3) is 1.82. The van der Waals surface area contributed by atoms with Gasteiger partial charge in [-0.1, -0.05) is 6.07 Å². The van der Waals surface area contributed by atoms with Gasteiger partial charge in [0.1, 0.15) is 5.82 Å². The SMILES string of the molecule is CN1CCC(c2nc3c(s2)Cc2ccc(F)cc2-3)C1. The number of likely N-dealkylation sites (N-methyl/N-ethyl adjacent to an activating group) is 1. The van der Waals surface area contributed by atoms with Crippen molar-refractivity contribution in [2.45, 2.75) is 18.8 Å². The van der Waals surface area contributed by atoms with E-state index in [1.807, 2.05) is 17.4 Å². The third-order valence-electron chi connectivity index (χ3n) is 4.13. The molecule has 1 saturated heterocycles. The third-order valence-corrected chi connectivity index (χ3v) is 5.35. The van der Waals surface area contributed by atoms with E-state index in [0.717, 1.165) is 30.8 Å². The molecule has 2 aromatic rings. The zero-order valence-electron chi connectivity index (χ0n) is 10.8. The summed E-state index contributed by atoms with van der Waals surface area (Å²) in [6.07, 6.45) is 2.12. The van der Waals surface area contributed by atoms with Crippen LogP contribution < -0.4 is 0 Å². The molecule has 0 saturated carbocycles. The van der Waals surface area contributed by atoms with E-state index in [-0.39, 0.29) is 5.82 Å². The Morgan fingerprint density at radius 1 is 1.42 bits per heavy atom. The van der Waals surface area contributed by atoms with Gasteiger partial charge in [-0.15, -0.1) is 11.3 Å². The van der Waals surface area contributed by atoms with Crippen molar-refractivity contribution in [3.8, 4) is 11.3 Å². The van der Waals surface area contributed by atoms with E-state index < -0.39 is 0 Å². The highest BCUT2D eigenvalue weighted by atomic mass is 32.1. The van der Waals surface area contributed by atoms with Crippen LogP contribution in [0.3, 0.4) is 0 Å². The number of fused-ring (bicyclic) bond motifs is 3. The molecule has 0 radical (unpaired) electrons. The highest BCUT2D eigenvalue weighted by Crippen LogP contribution is 2.42. The second-order valence-electron chi connectivity index (χ2n) is 5.55. The van der Waals surface area contributed by atoms with Crippen LogP contribution >= 0.6 is 11.3 Å². The second kappa shape index (κ2) is 4.12. The zero-order valence-corrected chi connectivity index (χ0v) is 11.6. The monoisotopic (exact) mass is 274 g/mol. The Kier molecular flexibility index (Phi) is 2.50. The minimum atomic E-state index is -0.165. The number of benzene rings is 1. The number of aromatic nitrogens is 1. The van der Waals surface area contributed by atoms with Gasteiger partial charge in [-0.25, -0.2) is 9.37 Å². The molecule has 0 amide bonds. The Morgan fingerprint density at radius 2 is 2.32 bits per heavy atom. The van der Waals surface area contributed by atoms with E-state index in [1.165, 1.54) is 21.9 Å². The van der Waals surface area contributed by atoms with Crippen molar-refractivity contribution in [2.24, 2.45) is 0 Å². The Labute approximate surface area is 115 Å². The minimum Gasteiger partial charge on any atom is -0.306 e. The zero-order chi connectivity index (χ0) is 13.0. The van der Waals surface area contributed by atoms with Gasteiger partial charge in [0.15, 0.2) is 0 Å². The molecule has 1 aromatic carbocycles. The largest absolute Gasteiger partial charge is 0.306 e. The van der Waals surface area contributed by atoms with Crippen molar-refractivity contribution in [2.75, 3.05) is 20.1 Å². The van der Waals surface area contributed by atoms with Crippen LogP contribution in [0.25, 0.3) is 11.3 Å². The van der Waals surface area contributed by atoms with E-state index in [2.05, 4.69) is 11.9 Å². The lowest BCUT2D eigenvalue weighted by atomic mass is 10.1. The van der Waals surface area contributed by atoms with E-state index in [0.29, 0.717) is 5.92 Å². The molecule has 2 nitrogen and oxygen atoms in total. The van der Waals surface area contributed by atoms with Gasteiger partial charge in [-0.2, -0.15) is 0 Å². The smallest absolute Gasteiger partial charge is 0.123 e. The predicted octanol–water partition coefficient (Wildman–Crippen LogP) is 3.27. The average molecular weight is 274 g/mol. The van der Waals surface area contributed by atoms with Gasteiger partial charge in [0.05, 0.1) is 10.7 Å². The van der Waals surface area contributed by atoms with E-state index in [9.17, 15) is 4.39 Å². The van der Waals surface area contributed by atoms with Crippen LogP contribution in [-0.4, -0.2) is 30.0 Å². The first-order valence-electron chi connectivity index (χ1n) is 6.67. The maximum atomic E-state index is 13.4. The minimum absolute atomic E-state index is 0.165. The highest BCUT2D eigenvalue weighted by Gasteiger charge is 2.29. The van der Waals surface area contributed by atoms with Crippen LogP contribution in [0.5, 0.6) is 0 Å². The topological polar surface area (TPSA) is 16.1 Å². The molecule has 1 aromatic heterocycles. The molecule has 98 valence electrons. The fourth-order valence-electron chi connectivity index (χ4n) is 3.11. The standard InChI is InChI=1S/C15H15FN2S/c1-18-5-4-10(8-18)15-17-14-12-7-11(16)3-2-9(12)6-13(14)19-15/h2-3,7,10H,4-6,8H2,1H3.